The minimum Gasteiger partial charge on any atom is -0.289 e. The Morgan fingerprint density at radius 2 is 1.94 bits per heavy atom. The van der Waals surface area contributed by atoms with E-state index >= 15 is 0 Å². The summed E-state index contributed by atoms with van der Waals surface area (Å²) in [5, 5.41) is 0. The Bertz CT molecular complexity index is 434. The Hall–Kier alpha value is -1.44. The second-order valence-electron chi connectivity index (χ2n) is 4.52. The molecule has 0 bridgehead atoms. The van der Waals surface area contributed by atoms with Gasteiger partial charge in [0.15, 0.2) is 5.78 Å². The zero-order valence-electron chi connectivity index (χ0n) is 9.92. The molecule has 0 spiro atoms. The highest BCUT2D eigenvalue weighted by Crippen LogP contribution is 2.20. The van der Waals surface area contributed by atoms with Gasteiger partial charge in [-0.15, -0.1) is 0 Å². The van der Waals surface area contributed by atoms with Crippen LogP contribution in [-0.2, 0) is 0 Å². The van der Waals surface area contributed by atoms with Crippen molar-refractivity contribution in [1.82, 2.24) is 0 Å². The standard InChI is InChI=1S/C15H17FO/c16-14-10-6-9-13(11-14)15(17)12-7-4-2-1-3-5-8-12/h6-7,9-11H,1-5,8H2/b12-7+. The van der Waals surface area contributed by atoms with Gasteiger partial charge in [0.2, 0.25) is 0 Å². The highest BCUT2D eigenvalue weighted by Gasteiger charge is 2.13. The molecule has 0 amide bonds. The van der Waals surface area contributed by atoms with Gasteiger partial charge in [-0.05, 0) is 43.4 Å². The lowest BCUT2D eigenvalue weighted by Gasteiger charge is -2.10. The summed E-state index contributed by atoms with van der Waals surface area (Å²) in [4.78, 5) is 12.2. The maximum Gasteiger partial charge on any atom is 0.188 e. The van der Waals surface area contributed by atoms with E-state index in [1.807, 2.05) is 6.08 Å². The maximum absolute atomic E-state index is 13.1. The number of carbonyl (C=O) groups excluding carboxylic acids is 1. The van der Waals surface area contributed by atoms with Crippen LogP contribution < -0.4 is 0 Å². The van der Waals surface area contributed by atoms with Crippen molar-refractivity contribution >= 4 is 5.78 Å². The predicted molar refractivity (Wildman–Crippen MR) is 66.5 cm³/mol. The van der Waals surface area contributed by atoms with Crippen molar-refractivity contribution in [1.29, 1.82) is 0 Å². The molecule has 1 nitrogen and oxygen atoms in total. The van der Waals surface area contributed by atoms with Crippen LogP contribution in [0.3, 0.4) is 0 Å². The van der Waals surface area contributed by atoms with Crippen LogP contribution in [0.5, 0.6) is 0 Å². The van der Waals surface area contributed by atoms with Crippen molar-refractivity contribution in [3.63, 3.8) is 0 Å². The lowest BCUT2D eigenvalue weighted by molar-refractivity contribution is 0.102. The summed E-state index contributed by atoms with van der Waals surface area (Å²) in [5.74, 6) is -0.353. The van der Waals surface area contributed by atoms with Crippen molar-refractivity contribution in [2.75, 3.05) is 0 Å². The monoisotopic (exact) mass is 232 g/mol. The first-order valence-electron chi connectivity index (χ1n) is 6.26. The molecule has 2 rings (SSSR count). The van der Waals surface area contributed by atoms with Gasteiger partial charge in [0, 0.05) is 5.56 Å². The van der Waals surface area contributed by atoms with E-state index in [-0.39, 0.29) is 11.6 Å². The van der Waals surface area contributed by atoms with Gasteiger partial charge in [-0.2, -0.15) is 0 Å². The number of allylic oxidation sites excluding steroid dienone is 2. The van der Waals surface area contributed by atoms with Gasteiger partial charge >= 0.3 is 0 Å². The first kappa shape index (κ1) is 12.0. The van der Waals surface area contributed by atoms with E-state index in [4.69, 9.17) is 0 Å². The number of halogens is 1. The quantitative estimate of drug-likeness (QED) is 0.695. The molecule has 1 aromatic carbocycles. The molecule has 0 unspecified atom stereocenters. The fourth-order valence-corrected chi connectivity index (χ4v) is 2.21. The van der Waals surface area contributed by atoms with Gasteiger partial charge in [-0.3, -0.25) is 4.79 Å². The Morgan fingerprint density at radius 3 is 2.76 bits per heavy atom. The Kier molecular flexibility index (Phi) is 4.08. The third kappa shape index (κ3) is 3.26. The van der Waals surface area contributed by atoms with Crippen LogP contribution >= 0.6 is 0 Å². The Labute approximate surface area is 101 Å². The third-order valence-electron chi connectivity index (χ3n) is 3.17. The smallest absolute Gasteiger partial charge is 0.188 e. The molecule has 0 fully saturated rings. The number of benzene rings is 1. The third-order valence-corrected chi connectivity index (χ3v) is 3.17. The molecule has 2 heteroatoms. The normalized spacial score (nSPS) is 19.9. The van der Waals surface area contributed by atoms with Gasteiger partial charge in [-0.25, -0.2) is 4.39 Å². The molecule has 0 saturated heterocycles. The van der Waals surface area contributed by atoms with Gasteiger partial charge in [-0.1, -0.05) is 31.1 Å². The number of hydrogen-bond donors (Lipinski definition) is 0. The molecule has 90 valence electrons. The van der Waals surface area contributed by atoms with Crippen LogP contribution in [0.1, 0.15) is 48.9 Å². The number of Topliss-reactive ketones (excluding diaryl/α,β-unsaturated/α-hetero) is 1. The predicted octanol–water partition coefficient (Wildman–Crippen LogP) is 4.29. The molecule has 17 heavy (non-hydrogen) atoms. The number of hydrogen-bond acceptors (Lipinski definition) is 1. The molecule has 0 radical (unpaired) electrons. The lowest BCUT2D eigenvalue weighted by Crippen LogP contribution is -2.05. The molecule has 0 heterocycles. The molecule has 0 aliphatic heterocycles. The first-order chi connectivity index (χ1) is 8.27. The van der Waals surface area contributed by atoms with Crippen LogP contribution in [0, 0.1) is 5.82 Å². The van der Waals surface area contributed by atoms with Gasteiger partial charge in [0.05, 0.1) is 0 Å². The SMILES string of the molecule is O=C(/C1=C/CCCCCC1)c1cccc(F)c1. The highest BCUT2D eigenvalue weighted by atomic mass is 19.1. The lowest BCUT2D eigenvalue weighted by atomic mass is 9.94. The van der Waals surface area contributed by atoms with E-state index in [9.17, 15) is 9.18 Å². The Morgan fingerprint density at radius 1 is 1.12 bits per heavy atom. The molecule has 0 atom stereocenters. The second-order valence-corrected chi connectivity index (χ2v) is 4.52. The summed E-state index contributed by atoms with van der Waals surface area (Å²) in [5.41, 5.74) is 1.33. The van der Waals surface area contributed by atoms with E-state index in [2.05, 4.69) is 0 Å². The summed E-state index contributed by atoms with van der Waals surface area (Å²) < 4.78 is 13.1. The average molecular weight is 232 g/mol. The topological polar surface area (TPSA) is 17.1 Å². The van der Waals surface area contributed by atoms with Gasteiger partial charge < -0.3 is 0 Å². The summed E-state index contributed by atoms with van der Waals surface area (Å²) in [6.07, 6.45) is 8.48. The fraction of sp³-hybridized carbons (Fsp3) is 0.400. The highest BCUT2D eigenvalue weighted by molar-refractivity contribution is 6.08. The van der Waals surface area contributed by atoms with E-state index < -0.39 is 0 Å². The molecule has 0 N–H and O–H groups in total. The minimum absolute atomic E-state index is 0.00796. The van der Waals surface area contributed by atoms with Crippen LogP contribution in [0.15, 0.2) is 35.9 Å². The molecular formula is C15H17FO. The summed E-state index contributed by atoms with van der Waals surface area (Å²) >= 11 is 0. The molecule has 0 saturated carbocycles. The van der Waals surface area contributed by atoms with Crippen LogP contribution in [0.4, 0.5) is 4.39 Å². The largest absolute Gasteiger partial charge is 0.289 e. The van der Waals surface area contributed by atoms with Crippen molar-refractivity contribution in [2.45, 2.75) is 38.5 Å². The van der Waals surface area contributed by atoms with E-state index in [1.165, 1.54) is 25.0 Å². The Balaban J connectivity index is 2.18. The molecule has 1 aliphatic carbocycles. The van der Waals surface area contributed by atoms with E-state index in [1.54, 1.807) is 12.1 Å². The fourth-order valence-electron chi connectivity index (χ4n) is 2.21. The van der Waals surface area contributed by atoms with Gasteiger partial charge in [0.25, 0.3) is 0 Å². The number of ketones is 1. The van der Waals surface area contributed by atoms with Crippen LogP contribution in [0.2, 0.25) is 0 Å². The minimum atomic E-state index is -0.345. The van der Waals surface area contributed by atoms with Crippen molar-refractivity contribution in [3.05, 3.63) is 47.3 Å². The average Bonchev–Trinajstić information content (AvgIpc) is 2.28. The van der Waals surface area contributed by atoms with Gasteiger partial charge in [0.1, 0.15) is 5.82 Å². The zero-order valence-corrected chi connectivity index (χ0v) is 9.92. The van der Waals surface area contributed by atoms with E-state index in [0.717, 1.165) is 31.3 Å². The van der Waals surface area contributed by atoms with Crippen molar-refractivity contribution in [3.8, 4) is 0 Å². The van der Waals surface area contributed by atoms with Crippen LogP contribution in [-0.4, -0.2) is 5.78 Å². The summed E-state index contributed by atoms with van der Waals surface area (Å²) in [6, 6.07) is 5.96. The molecule has 1 aromatic rings. The summed E-state index contributed by atoms with van der Waals surface area (Å²) in [7, 11) is 0. The maximum atomic E-state index is 13.1. The molecular weight excluding hydrogens is 215 g/mol. The van der Waals surface area contributed by atoms with Crippen molar-refractivity contribution in [2.24, 2.45) is 0 Å². The first-order valence-corrected chi connectivity index (χ1v) is 6.26. The number of carbonyl (C=O) groups is 1. The zero-order chi connectivity index (χ0) is 12.1. The number of rotatable bonds is 2. The van der Waals surface area contributed by atoms with E-state index in [0.29, 0.717) is 5.56 Å². The molecule has 1 aliphatic rings. The molecule has 0 aromatic heterocycles. The second kappa shape index (κ2) is 5.76. The summed E-state index contributed by atoms with van der Waals surface area (Å²) in [6.45, 7) is 0. The van der Waals surface area contributed by atoms with Crippen LogP contribution in [0.25, 0.3) is 0 Å². The van der Waals surface area contributed by atoms with Crippen molar-refractivity contribution < 1.29 is 9.18 Å².